The Bertz CT molecular complexity index is 476. The Morgan fingerprint density at radius 1 is 1.17 bits per heavy atom. The minimum absolute atomic E-state index is 0.992. The summed E-state index contributed by atoms with van der Waals surface area (Å²) in [6.07, 6.45) is 2.52. The third kappa shape index (κ3) is 3.80. The highest BCUT2D eigenvalue weighted by atomic mass is 32.1. The molecular weight excluding hydrogens is 240 g/mol. The second-order valence-corrected chi connectivity index (χ2v) is 5.86. The Morgan fingerprint density at radius 3 is 2.83 bits per heavy atom. The third-order valence-corrected chi connectivity index (χ3v) is 4.10. The number of rotatable bonds is 7. The number of unbranched alkanes of at least 4 members (excludes halogenated alkanes) is 1. The highest BCUT2D eigenvalue weighted by Gasteiger charge is 2.02. The second kappa shape index (κ2) is 6.88. The Morgan fingerprint density at radius 2 is 2.00 bits per heavy atom. The molecule has 1 aromatic heterocycles. The fraction of sp³-hybridized carbons (Fsp3) is 0.467. The quantitative estimate of drug-likeness (QED) is 0.770. The van der Waals surface area contributed by atoms with E-state index in [2.05, 4.69) is 54.0 Å². The number of hydrogen-bond donors (Lipinski definition) is 1. The van der Waals surface area contributed by atoms with Crippen molar-refractivity contribution in [3.05, 3.63) is 35.2 Å². The summed E-state index contributed by atoms with van der Waals surface area (Å²) >= 11 is 1.84. The first-order valence-corrected chi connectivity index (χ1v) is 7.46. The highest BCUT2D eigenvalue weighted by Crippen LogP contribution is 2.25. The molecule has 1 heterocycles. The second-order valence-electron chi connectivity index (χ2n) is 4.94. The number of thiophene rings is 1. The van der Waals surface area contributed by atoms with Gasteiger partial charge in [-0.15, -0.1) is 11.3 Å². The van der Waals surface area contributed by atoms with Gasteiger partial charge in [0.2, 0.25) is 0 Å². The first-order chi connectivity index (χ1) is 8.77. The maximum absolute atomic E-state index is 3.54. The van der Waals surface area contributed by atoms with Crippen molar-refractivity contribution in [2.45, 2.75) is 19.4 Å². The van der Waals surface area contributed by atoms with Gasteiger partial charge in [-0.05, 0) is 62.4 Å². The molecule has 0 radical (unpaired) electrons. The maximum atomic E-state index is 3.54. The van der Waals surface area contributed by atoms with Gasteiger partial charge in [-0.3, -0.25) is 0 Å². The van der Waals surface area contributed by atoms with E-state index in [1.54, 1.807) is 0 Å². The molecule has 0 aliphatic rings. The molecule has 98 valence electrons. The molecule has 0 atom stereocenters. The molecular formula is C15H22N2S. The van der Waals surface area contributed by atoms with Gasteiger partial charge in [-0.1, -0.05) is 18.2 Å². The first-order valence-electron chi connectivity index (χ1n) is 6.58. The van der Waals surface area contributed by atoms with Crippen LogP contribution in [0.5, 0.6) is 0 Å². The van der Waals surface area contributed by atoms with E-state index >= 15 is 0 Å². The molecule has 0 unspecified atom stereocenters. The van der Waals surface area contributed by atoms with Gasteiger partial charge in [0, 0.05) is 11.2 Å². The van der Waals surface area contributed by atoms with Crippen molar-refractivity contribution in [3.8, 4) is 0 Å². The van der Waals surface area contributed by atoms with Gasteiger partial charge in [0.25, 0.3) is 0 Å². The predicted molar refractivity (Wildman–Crippen MR) is 81.3 cm³/mol. The van der Waals surface area contributed by atoms with Crippen LogP contribution in [0.2, 0.25) is 0 Å². The van der Waals surface area contributed by atoms with Gasteiger partial charge in [-0.25, -0.2) is 0 Å². The average molecular weight is 262 g/mol. The van der Waals surface area contributed by atoms with Crippen LogP contribution in [0.25, 0.3) is 10.1 Å². The van der Waals surface area contributed by atoms with Gasteiger partial charge in [-0.2, -0.15) is 0 Å². The Labute approximate surface area is 114 Å². The van der Waals surface area contributed by atoms with E-state index in [4.69, 9.17) is 0 Å². The number of nitrogens with zero attached hydrogens (tertiary/aromatic N) is 1. The van der Waals surface area contributed by atoms with Crippen molar-refractivity contribution >= 4 is 21.4 Å². The summed E-state index contributed by atoms with van der Waals surface area (Å²) in [5, 5.41) is 7.22. The molecule has 1 N–H and O–H groups in total. The normalized spacial score (nSPS) is 11.5. The van der Waals surface area contributed by atoms with E-state index in [-0.39, 0.29) is 0 Å². The number of fused-ring (bicyclic) bond motifs is 1. The van der Waals surface area contributed by atoms with Crippen LogP contribution in [0.3, 0.4) is 0 Å². The van der Waals surface area contributed by atoms with E-state index in [0.29, 0.717) is 0 Å². The number of hydrogen-bond acceptors (Lipinski definition) is 3. The van der Waals surface area contributed by atoms with Crippen molar-refractivity contribution in [2.75, 3.05) is 27.2 Å². The lowest BCUT2D eigenvalue weighted by Crippen LogP contribution is -2.17. The molecule has 0 saturated carbocycles. The third-order valence-electron chi connectivity index (χ3n) is 3.09. The SMILES string of the molecule is CN(C)CCCCNCc1csc2ccccc12. The zero-order chi connectivity index (χ0) is 12.8. The van der Waals surface area contributed by atoms with Gasteiger partial charge in [0.05, 0.1) is 0 Å². The van der Waals surface area contributed by atoms with Crippen molar-refractivity contribution < 1.29 is 0 Å². The maximum Gasteiger partial charge on any atom is 0.0346 e. The van der Waals surface area contributed by atoms with Crippen LogP contribution in [-0.4, -0.2) is 32.1 Å². The summed E-state index contributed by atoms with van der Waals surface area (Å²) in [4.78, 5) is 2.24. The van der Waals surface area contributed by atoms with Crippen molar-refractivity contribution in [2.24, 2.45) is 0 Å². The fourth-order valence-electron chi connectivity index (χ4n) is 2.07. The number of nitrogens with one attached hydrogen (secondary N) is 1. The zero-order valence-corrected chi connectivity index (χ0v) is 12.1. The van der Waals surface area contributed by atoms with E-state index < -0.39 is 0 Å². The van der Waals surface area contributed by atoms with Crippen molar-refractivity contribution in [1.29, 1.82) is 0 Å². The molecule has 18 heavy (non-hydrogen) atoms. The number of benzene rings is 1. The lowest BCUT2D eigenvalue weighted by atomic mass is 10.2. The topological polar surface area (TPSA) is 15.3 Å². The lowest BCUT2D eigenvalue weighted by molar-refractivity contribution is 0.392. The molecule has 2 nitrogen and oxygen atoms in total. The van der Waals surface area contributed by atoms with Crippen LogP contribution in [0.4, 0.5) is 0 Å². The minimum Gasteiger partial charge on any atom is -0.313 e. The highest BCUT2D eigenvalue weighted by molar-refractivity contribution is 7.17. The summed E-state index contributed by atoms with van der Waals surface area (Å²) in [6.45, 7) is 3.28. The summed E-state index contributed by atoms with van der Waals surface area (Å²) in [7, 11) is 4.26. The van der Waals surface area contributed by atoms with Crippen LogP contribution in [0.1, 0.15) is 18.4 Å². The molecule has 0 aliphatic carbocycles. The molecule has 0 bridgehead atoms. The molecule has 0 saturated heterocycles. The van der Waals surface area contributed by atoms with Crippen molar-refractivity contribution in [1.82, 2.24) is 10.2 Å². The Kier molecular flexibility index (Phi) is 5.17. The molecule has 2 rings (SSSR count). The fourth-order valence-corrected chi connectivity index (χ4v) is 3.03. The molecule has 2 aromatic rings. The van der Waals surface area contributed by atoms with Crippen LogP contribution in [-0.2, 0) is 6.54 Å². The summed E-state index contributed by atoms with van der Waals surface area (Å²) in [6, 6.07) is 8.64. The van der Waals surface area contributed by atoms with Crippen LogP contribution < -0.4 is 5.32 Å². The van der Waals surface area contributed by atoms with Gasteiger partial charge < -0.3 is 10.2 Å². The van der Waals surface area contributed by atoms with Crippen LogP contribution in [0, 0.1) is 0 Å². The van der Waals surface area contributed by atoms with Gasteiger partial charge in [0.15, 0.2) is 0 Å². The van der Waals surface area contributed by atoms with E-state index in [1.807, 2.05) is 11.3 Å². The largest absolute Gasteiger partial charge is 0.313 e. The monoisotopic (exact) mass is 262 g/mol. The average Bonchev–Trinajstić information content (AvgIpc) is 2.77. The molecule has 0 fully saturated rings. The minimum atomic E-state index is 0.992. The Hall–Kier alpha value is -0.900. The predicted octanol–water partition coefficient (Wildman–Crippen LogP) is 3.33. The molecule has 0 aliphatic heterocycles. The molecule has 0 spiro atoms. The Balaban J connectivity index is 1.74. The zero-order valence-electron chi connectivity index (χ0n) is 11.3. The van der Waals surface area contributed by atoms with Crippen LogP contribution >= 0.6 is 11.3 Å². The van der Waals surface area contributed by atoms with Gasteiger partial charge in [0.1, 0.15) is 0 Å². The molecule has 3 heteroatoms. The van der Waals surface area contributed by atoms with Crippen molar-refractivity contribution in [3.63, 3.8) is 0 Å². The van der Waals surface area contributed by atoms with Crippen LogP contribution in [0.15, 0.2) is 29.6 Å². The van der Waals surface area contributed by atoms with E-state index in [1.165, 1.54) is 35.0 Å². The molecule has 0 amide bonds. The summed E-state index contributed by atoms with van der Waals surface area (Å²) in [5.41, 5.74) is 1.43. The van der Waals surface area contributed by atoms with E-state index in [9.17, 15) is 0 Å². The lowest BCUT2D eigenvalue weighted by Gasteiger charge is -2.09. The van der Waals surface area contributed by atoms with Gasteiger partial charge >= 0.3 is 0 Å². The standard InChI is InChI=1S/C15H22N2S/c1-17(2)10-6-5-9-16-11-13-12-18-15-8-4-3-7-14(13)15/h3-4,7-8,12,16H,5-6,9-11H2,1-2H3. The van der Waals surface area contributed by atoms with E-state index in [0.717, 1.165) is 13.1 Å². The first kappa shape index (κ1) is 13.5. The molecule has 1 aromatic carbocycles. The smallest absolute Gasteiger partial charge is 0.0346 e. The summed E-state index contributed by atoms with van der Waals surface area (Å²) < 4.78 is 1.39. The summed E-state index contributed by atoms with van der Waals surface area (Å²) in [5.74, 6) is 0.